The van der Waals surface area contributed by atoms with Crippen LogP contribution >= 0.6 is 0 Å². The van der Waals surface area contributed by atoms with E-state index in [9.17, 15) is 13.6 Å². The van der Waals surface area contributed by atoms with Gasteiger partial charge in [0.1, 0.15) is 11.8 Å². The maximum atomic E-state index is 12.3. The molecule has 2 atom stereocenters. The highest BCUT2D eigenvalue weighted by Crippen LogP contribution is 2.22. The van der Waals surface area contributed by atoms with Crippen LogP contribution in [-0.2, 0) is 4.79 Å². The van der Waals surface area contributed by atoms with Gasteiger partial charge < -0.3 is 15.4 Å². The molecule has 0 spiro atoms. The summed E-state index contributed by atoms with van der Waals surface area (Å²) < 4.78 is 29.1. The first-order valence-electron chi connectivity index (χ1n) is 8.78. The van der Waals surface area contributed by atoms with Gasteiger partial charge in [-0.25, -0.2) is 0 Å². The van der Waals surface area contributed by atoms with Gasteiger partial charge in [-0.2, -0.15) is 8.78 Å². The quantitative estimate of drug-likeness (QED) is 0.759. The lowest BCUT2D eigenvalue weighted by molar-refractivity contribution is -0.704. The van der Waals surface area contributed by atoms with Gasteiger partial charge in [0, 0.05) is 17.2 Å². The van der Waals surface area contributed by atoms with Crippen LogP contribution in [0, 0.1) is 0 Å². The molecule has 1 aliphatic rings. The predicted octanol–water partition coefficient (Wildman–Crippen LogP) is 2.61. The maximum absolute atomic E-state index is 12.3. The highest BCUT2D eigenvalue weighted by molar-refractivity contribution is 5.80. The number of halogens is 2. The van der Waals surface area contributed by atoms with Gasteiger partial charge in [-0.3, -0.25) is 4.79 Å². The summed E-state index contributed by atoms with van der Waals surface area (Å²) in [6.45, 7) is -0.967. The molecule has 0 unspecified atom stereocenters. The van der Waals surface area contributed by atoms with Gasteiger partial charge in [-0.15, -0.1) is 0 Å². The molecule has 2 aromatic carbocycles. The van der Waals surface area contributed by atoms with Crippen LogP contribution in [0.5, 0.6) is 5.75 Å². The summed E-state index contributed by atoms with van der Waals surface area (Å²) >= 11 is 0. The van der Waals surface area contributed by atoms with Crippen molar-refractivity contribution in [3.8, 4) is 5.75 Å². The number of nitrogens with one attached hydrogen (secondary N) is 1. The van der Waals surface area contributed by atoms with E-state index in [4.69, 9.17) is 0 Å². The van der Waals surface area contributed by atoms with Crippen LogP contribution in [-0.4, -0.2) is 24.6 Å². The maximum Gasteiger partial charge on any atom is 0.387 e. The first kappa shape index (κ1) is 18.3. The van der Waals surface area contributed by atoms with E-state index in [2.05, 4.69) is 10.1 Å². The Hall–Kier alpha value is -2.47. The third kappa shape index (κ3) is 5.02. The molecule has 4 nitrogen and oxygen atoms in total. The largest absolute Gasteiger partial charge is 0.435 e. The van der Waals surface area contributed by atoms with Crippen LogP contribution in [0.3, 0.4) is 0 Å². The Bertz CT molecular complexity index is 718. The molecule has 26 heavy (non-hydrogen) atoms. The smallest absolute Gasteiger partial charge is 0.387 e. The molecule has 0 heterocycles. The second-order valence-electron chi connectivity index (χ2n) is 6.60. The number of carbonyl (C=O) groups excluding carboxylic acids is 1. The van der Waals surface area contributed by atoms with Crippen molar-refractivity contribution in [1.82, 2.24) is 5.32 Å². The van der Waals surface area contributed by atoms with Crippen LogP contribution in [0.15, 0.2) is 54.6 Å². The number of hydrogen-bond acceptors (Lipinski definition) is 2. The molecule has 0 aromatic heterocycles. The zero-order chi connectivity index (χ0) is 18.5. The summed E-state index contributed by atoms with van der Waals surface area (Å²) in [6, 6.07) is 16.3. The van der Waals surface area contributed by atoms with Gasteiger partial charge in [0.05, 0.1) is 0 Å². The molecule has 0 radical (unpaired) electrons. The molecule has 0 saturated heterocycles. The van der Waals surface area contributed by atoms with Crippen LogP contribution in [0.2, 0.25) is 0 Å². The lowest BCUT2D eigenvalue weighted by Gasteiger charge is -2.21. The van der Waals surface area contributed by atoms with Crippen LogP contribution < -0.4 is 15.4 Å². The van der Waals surface area contributed by atoms with E-state index in [0.29, 0.717) is 6.04 Å². The van der Waals surface area contributed by atoms with E-state index >= 15 is 0 Å². The number of rotatable bonds is 8. The number of benzene rings is 2. The number of hydrogen-bond donors (Lipinski definition) is 2. The fraction of sp³-hybridized carbons (Fsp3) is 0.350. The highest BCUT2D eigenvalue weighted by atomic mass is 19.3. The molecule has 1 aliphatic carbocycles. The Balaban J connectivity index is 1.78. The average molecular weight is 361 g/mol. The zero-order valence-electron chi connectivity index (χ0n) is 14.6. The van der Waals surface area contributed by atoms with Crippen molar-refractivity contribution in [3.63, 3.8) is 0 Å². The standard InChI is InChI=1S/C20H22F2N2O2/c1-13(19(25)24-16-9-10-16)23-18(14-5-3-2-4-6-14)15-7-11-17(12-8-15)26-20(21)22/h2-8,11-13,16,18,20,23H,9-10H2,1H3,(H,24,25)/p+1/t13-,18+/m1/s1. The summed E-state index contributed by atoms with van der Waals surface area (Å²) in [5, 5.41) is 5.02. The highest BCUT2D eigenvalue weighted by Gasteiger charge is 2.29. The first-order valence-corrected chi connectivity index (χ1v) is 8.78. The van der Waals surface area contributed by atoms with E-state index in [1.165, 1.54) is 12.1 Å². The average Bonchev–Trinajstić information content (AvgIpc) is 3.44. The molecule has 1 amide bonds. The minimum Gasteiger partial charge on any atom is -0.435 e. The number of ether oxygens (including phenoxy) is 1. The lowest BCUT2D eigenvalue weighted by atomic mass is 9.97. The molecule has 1 saturated carbocycles. The predicted molar refractivity (Wildman–Crippen MR) is 93.9 cm³/mol. The van der Waals surface area contributed by atoms with Crippen molar-refractivity contribution in [2.75, 3.05) is 0 Å². The van der Waals surface area contributed by atoms with Gasteiger partial charge in [0.25, 0.3) is 5.91 Å². The van der Waals surface area contributed by atoms with Gasteiger partial charge >= 0.3 is 6.61 Å². The number of carbonyl (C=O) groups is 1. The fourth-order valence-electron chi connectivity index (χ4n) is 2.87. The molecule has 3 rings (SSSR count). The van der Waals surface area contributed by atoms with E-state index in [1.54, 1.807) is 12.1 Å². The van der Waals surface area contributed by atoms with E-state index in [-0.39, 0.29) is 23.7 Å². The molecule has 0 aliphatic heterocycles. The van der Waals surface area contributed by atoms with Crippen molar-refractivity contribution in [2.24, 2.45) is 0 Å². The molecule has 1 fully saturated rings. The van der Waals surface area contributed by atoms with Crippen molar-refractivity contribution >= 4 is 5.91 Å². The number of nitrogens with two attached hydrogens (primary N) is 1. The monoisotopic (exact) mass is 361 g/mol. The molecular weight excluding hydrogens is 338 g/mol. The molecular formula is C20H23F2N2O2+. The zero-order valence-corrected chi connectivity index (χ0v) is 14.6. The van der Waals surface area contributed by atoms with Crippen LogP contribution in [0.4, 0.5) is 8.78 Å². The lowest BCUT2D eigenvalue weighted by Crippen LogP contribution is -2.92. The molecule has 3 N–H and O–H groups in total. The Morgan fingerprint density at radius 3 is 2.27 bits per heavy atom. The summed E-state index contributed by atoms with van der Waals surface area (Å²) in [5.74, 6) is 0.140. The molecule has 138 valence electrons. The Morgan fingerprint density at radius 2 is 1.69 bits per heavy atom. The van der Waals surface area contributed by atoms with E-state index < -0.39 is 6.61 Å². The second kappa shape index (κ2) is 8.27. The van der Waals surface area contributed by atoms with Crippen molar-refractivity contribution in [1.29, 1.82) is 0 Å². The SMILES string of the molecule is C[C@@H]([NH2+][C@@H](c1ccccc1)c1ccc(OC(F)F)cc1)C(=O)NC1CC1. The summed E-state index contributed by atoms with van der Waals surface area (Å²) in [6.07, 6.45) is 2.10. The Kier molecular flexibility index (Phi) is 5.83. The van der Waals surface area contributed by atoms with Gasteiger partial charge in [-0.05, 0) is 44.0 Å². The number of quaternary nitrogens is 1. The molecule has 2 aromatic rings. The minimum atomic E-state index is -2.84. The van der Waals surface area contributed by atoms with Crippen molar-refractivity contribution < 1.29 is 23.6 Å². The van der Waals surface area contributed by atoms with Gasteiger partial charge in [0.2, 0.25) is 0 Å². The third-order valence-corrected chi connectivity index (χ3v) is 4.44. The fourth-order valence-corrected chi connectivity index (χ4v) is 2.87. The van der Waals surface area contributed by atoms with Crippen LogP contribution in [0.25, 0.3) is 0 Å². The Labute approximate surface area is 151 Å². The summed E-state index contributed by atoms with van der Waals surface area (Å²) in [4.78, 5) is 12.3. The third-order valence-electron chi connectivity index (χ3n) is 4.44. The molecule has 6 heteroatoms. The topological polar surface area (TPSA) is 54.9 Å². The first-order chi connectivity index (χ1) is 12.5. The van der Waals surface area contributed by atoms with Crippen LogP contribution in [0.1, 0.15) is 36.9 Å². The van der Waals surface area contributed by atoms with E-state index in [0.717, 1.165) is 24.0 Å². The van der Waals surface area contributed by atoms with Gasteiger partial charge in [0.15, 0.2) is 6.04 Å². The number of amides is 1. The Morgan fingerprint density at radius 1 is 1.08 bits per heavy atom. The van der Waals surface area contributed by atoms with Gasteiger partial charge in [-0.1, -0.05) is 30.3 Å². The van der Waals surface area contributed by atoms with Crippen molar-refractivity contribution in [3.05, 3.63) is 65.7 Å². The van der Waals surface area contributed by atoms with E-state index in [1.807, 2.05) is 42.6 Å². The normalized spacial score (nSPS) is 16.2. The number of alkyl halides is 2. The minimum absolute atomic E-state index is 0.0195. The summed E-state index contributed by atoms with van der Waals surface area (Å²) in [7, 11) is 0. The second-order valence-corrected chi connectivity index (χ2v) is 6.60. The van der Waals surface area contributed by atoms with Crippen molar-refractivity contribution in [2.45, 2.75) is 44.5 Å². The summed E-state index contributed by atoms with van der Waals surface area (Å²) in [5.41, 5.74) is 1.96. The molecule has 0 bridgehead atoms.